The van der Waals surface area contributed by atoms with Crippen molar-refractivity contribution in [2.24, 2.45) is 0 Å². The Labute approximate surface area is 351 Å². The maximum atomic E-state index is 6.45. The van der Waals surface area contributed by atoms with E-state index in [0.717, 1.165) is 61.3 Å². The molecule has 0 N–H and O–H groups in total. The number of hydrogen-bond acceptors (Lipinski definition) is 3. The molecule has 9 aromatic rings. The number of benzene rings is 6. The van der Waals surface area contributed by atoms with Gasteiger partial charge in [0.05, 0.1) is 36.2 Å². The number of rotatable bonds is 5. The van der Waals surface area contributed by atoms with Crippen molar-refractivity contribution in [2.75, 3.05) is 0 Å². The van der Waals surface area contributed by atoms with Crippen molar-refractivity contribution in [2.45, 2.75) is 59.7 Å². The van der Waals surface area contributed by atoms with Crippen LogP contribution < -0.4 is 5.19 Å². The van der Waals surface area contributed by atoms with Crippen LogP contribution in [0.3, 0.4) is 0 Å². The molecule has 9 rings (SSSR count). The summed E-state index contributed by atoms with van der Waals surface area (Å²) in [4.78, 5) is 9.82. The van der Waals surface area contributed by atoms with Crippen molar-refractivity contribution < 1.29 is 24.5 Å². The van der Waals surface area contributed by atoms with E-state index in [1.165, 1.54) is 33.0 Å². The molecule has 0 aliphatic heterocycles. The summed E-state index contributed by atoms with van der Waals surface area (Å²) >= 11 is 0. The first kappa shape index (κ1) is 39.8. The van der Waals surface area contributed by atoms with Crippen molar-refractivity contribution in [3.63, 3.8) is 0 Å². The number of imidazole rings is 1. The van der Waals surface area contributed by atoms with Gasteiger partial charge in [0.25, 0.3) is 0 Å². The quantitative estimate of drug-likeness (QED) is 0.128. The Bertz CT molecular complexity index is 2840. The van der Waals surface area contributed by atoms with Crippen molar-refractivity contribution in [1.82, 2.24) is 14.5 Å². The van der Waals surface area contributed by atoms with Crippen molar-refractivity contribution >= 4 is 46.2 Å². The second kappa shape index (κ2) is 15.9. The summed E-state index contributed by atoms with van der Waals surface area (Å²) in [5.41, 5.74) is 13.8. The Morgan fingerprint density at radius 1 is 0.737 bits per heavy atom. The van der Waals surface area contributed by atoms with Gasteiger partial charge in [-0.3, -0.25) is 4.98 Å². The molecule has 4 nitrogen and oxygen atoms in total. The van der Waals surface area contributed by atoms with Crippen molar-refractivity contribution in [3.8, 4) is 39.5 Å². The second-order valence-electron chi connectivity index (χ2n) is 16.7. The van der Waals surface area contributed by atoms with E-state index >= 15 is 0 Å². The van der Waals surface area contributed by atoms with Gasteiger partial charge in [0.1, 0.15) is 5.58 Å². The molecule has 0 aliphatic rings. The molecule has 0 spiro atoms. The summed E-state index contributed by atoms with van der Waals surface area (Å²) in [6.07, 6.45) is 2.06. The molecule has 6 heteroatoms. The third kappa shape index (κ3) is 7.83. The largest absolute Gasteiger partial charge is 0.501 e. The van der Waals surface area contributed by atoms with Crippen LogP contribution in [-0.2, 0) is 25.5 Å². The number of para-hydroxylation sites is 4. The van der Waals surface area contributed by atoms with E-state index < -0.39 is 8.07 Å². The van der Waals surface area contributed by atoms with Crippen LogP contribution in [0.5, 0.6) is 0 Å². The van der Waals surface area contributed by atoms with Crippen molar-refractivity contribution in [3.05, 3.63) is 168 Å². The van der Waals surface area contributed by atoms with Gasteiger partial charge < -0.3 is 14.0 Å². The third-order valence-electron chi connectivity index (χ3n) is 10.4. The van der Waals surface area contributed by atoms with Gasteiger partial charge in [0.15, 0.2) is 0 Å². The zero-order chi connectivity index (χ0) is 39.2. The normalized spacial score (nSPS) is 11.7. The number of nitrogens with zero attached hydrogens (tertiary/aromatic N) is 3. The molecule has 287 valence electrons. The Morgan fingerprint density at radius 3 is 2.19 bits per heavy atom. The van der Waals surface area contributed by atoms with Crippen LogP contribution in [0.25, 0.3) is 72.4 Å². The molecule has 1 radical (unpaired) electrons. The standard InChI is InChI=1S/C35H27N2O.C16H20NSi.Ir/c1-35(2,3)28-19-12-16-24(23-13-5-4-6-14-23)32(28)37-30-21-9-8-20-29(30)36-34(37)27-18-11-17-26-25-15-7-10-22-31(25)38-33(26)27;1-12-6-8-14(9-7-12)15-10-13(2)16(11-17-15)18(3,4)5;/h4-17,19-22H,1-3H3;6-8,10-11H,1-5H3;/q2*-1;. The number of aryl methyl sites for hydroxylation is 2. The van der Waals surface area contributed by atoms with Crippen LogP contribution in [0.1, 0.15) is 37.5 Å². The van der Waals surface area contributed by atoms with E-state index in [1.807, 2.05) is 30.3 Å². The SMILES string of the molecule is CC(C)(C)c1cccc(-c2ccccc2)c1-n1c(-c2[c-]ccc3c2oc2ccccc23)nc2ccccc21.Cc1c[c-]c(-c2cc(C)c([Si](C)(C)C)cn2)cc1.[Ir]. The fourth-order valence-corrected chi connectivity index (χ4v) is 9.37. The monoisotopic (exact) mass is 938 g/mol. The fourth-order valence-electron chi connectivity index (χ4n) is 7.67. The van der Waals surface area contributed by atoms with E-state index in [2.05, 4.69) is 185 Å². The molecule has 3 heterocycles. The molecule has 6 aromatic carbocycles. The van der Waals surface area contributed by atoms with E-state index in [9.17, 15) is 0 Å². The number of furan rings is 1. The molecule has 0 atom stereocenters. The Kier molecular flexibility index (Phi) is 11.1. The van der Waals surface area contributed by atoms with Gasteiger partial charge >= 0.3 is 0 Å². The van der Waals surface area contributed by atoms with Crippen molar-refractivity contribution in [1.29, 1.82) is 0 Å². The summed E-state index contributed by atoms with van der Waals surface area (Å²) in [6.45, 7) is 18.1. The van der Waals surface area contributed by atoms with Crippen LogP contribution in [0.2, 0.25) is 19.6 Å². The molecule has 0 saturated carbocycles. The van der Waals surface area contributed by atoms with Crippen LogP contribution in [0.15, 0.2) is 144 Å². The molecule has 0 fully saturated rings. The average molecular weight is 938 g/mol. The molecule has 0 saturated heterocycles. The van der Waals surface area contributed by atoms with E-state index in [0.29, 0.717) is 0 Å². The van der Waals surface area contributed by atoms with Crippen LogP contribution in [0, 0.1) is 26.0 Å². The first-order chi connectivity index (χ1) is 26.9. The predicted octanol–water partition coefficient (Wildman–Crippen LogP) is 13.1. The maximum absolute atomic E-state index is 6.45. The Morgan fingerprint density at radius 2 is 1.47 bits per heavy atom. The minimum absolute atomic E-state index is 0. The molecular weight excluding hydrogens is 891 g/mol. The molecule has 0 amide bonds. The van der Waals surface area contributed by atoms with E-state index in [1.54, 1.807) is 0 Å². The van der Waals surface area contributed by atoms with Gasteiger partial charge in [-0.2, -0.15) is 0 Å². The van der Waals surface area contributed by atoms with Gasteiger partial charge in [-0.1, -0.05) is 149 Å². The van der Waals surface area contributed by atoms with Gasteiger partial charge in [-0.15, -0.1) is 53.6 Å². The predicted molar refractivity (Wildman–Crippen MR) is 238 cm³/mol. The molecule has 0 bridgehead atoms. The zero-order valence-electron chi connectivity index (χ0n) is 33.9. The maximum Gasteiger partial charge on any atom is 0.120 e. The fraction of sp³-hybridized carbons (Fsp3) is 0.176. The van der Waals surface area contributed by atoms with Crippen LogP contribution in [0.4, 0.5) is 0 Å². The zero-order valence-corrected chi connectivity index (χ0v) is 37.3. The minimum atomic E-state index is -1.28. The Hall–Kier alpha value is -5.39. The number of aromatic nitrogens is 3. The first-order valence-corrected chi connectivity index (χ1v) is 22.8. The average Bonchev–Trinajstić information content (AvgIpc) is 3.76. The van der Waals surface area contributed by atoms with Crippen LogP contribution in [-0.4, -0.2) is 22.6 Å². The summed E-state index contributed by atoms with van der Waals surface area (Å²) in [7, 11) is -1.28. The minimum Gasteiger partial charge on any atom is -0.501 e. The number of pyridine rings is 1. The smallest absolute Gasteiger partial charge is 0.120 e. The summed E-state index contributed by atoms with van der Waals surface area (Å²) < 4.78 is 8.77. The summed E-state index contributed by atoms with van der Waals surface area (Å²) in [6, 6.07) is 53.0. The van der Waals surface area contributed by atoms with Gasteiger partial charge in [0.2, 0.25) is 0 Å². The first-order valence-electron chi connectivity index (χ1n) is 19.3. The van der Waals surface area contributed by atoms with Crippen LogP contribution >= 0.6 is 0 Å². The van der Waals surface area contributed by atoms with Gasteiger partial charge in [-0.25, -0.2) is 0 Å². The summed E-state index contributed by atoms with van der Waals surface area (Å²) in [5.74, 6) is 0.824. The Balaban J connectivity index is 0.000000221. The van der Waals surface area contributed by atoms with E-state index in [4.69, 9.17) is 9.40 Å². The number of fused-ring (bicyclic) bond motifs is 4. The van der Waals surface area contributed by atoms with E-state index in [-0.39, 0.29) is 25.5 Å². The summed E-state index contributed by atoms with van der Waals surface area (Å²) in [5, 5.41) is 3.61. The molecule has 57 heavy (non-hydrogen) atoms. The van der Waals surface area contributed by atoms with Gasteiger partial charge in [0, 0.05) is 37.3 Å². The molecule has 0 unspecified atom stereocenters. The molecule has 0 aliphatic carbocycles. The topological polar surface area (TPSA) is 43.9 Å². The second-order valence-corrected chi connectivity index (χ2v) is 21.7. The number of hydrogen-bond donors (Lipinski definition) is 0. The molecule has 3 aromatic heterocycles. The molecular formula is C51H47IrN3OSi-2. The van der Waals surface area contributed by atoms with Gasteiger partial charge in [-0.05, 0) is 52.5 Å². The third-order valence-corrected chi connectivity index (χ3v) is 12.6.